The molecule has 29 heavy (non-hydrogen) atoms. The Balaban J connectivity index is 1.72. The zero-order chi connectivity index (χ0) is 20.6. The van der Waals surface area contributed by atoms with Crippen LogP contribution in [0.1, 0.15) is 54.5 Å². The predicted molar refractivity (Wildman–Crippen MR) is 113 cm³/mol. The van der Waals surface area contributed by atoms with Crippen LogP contribution in [0, 0.1) is 6.92 Å². The summed E-state index contributed by atoms with van der Waals surface area (Å²) in [6, 6.07) is 9.46. The summed E-state index contributed by atoms with van der Waals surface area (Å²) in [7, 11) is 0. The molecule has 0 atom stereocenters. The van der Waals surface area contributed by atoms with Crippen molar-refractivity contribution in [3.05, 3.63) is 53.5 Å². The molecule has 1 fully saturated rings. The number of anilines is 1. The van der Waals surface area contributed by atoms with E-state index in [1.165, 1.54) is 0 Å². The first-order valence-electron chi connectivity index (χ1n) is 10.0. The number of hydrogen-bond acceptors (Lipinski definition) is 5. The van der Waals surface area contributed by atoms with E-state index in [-0.39, 0.29) is 5.91 Å². The molecule has 1 aliphatic heterocycles. The van der Waals surface area contributed by atoms with Crippen LogP contribution in [0.25, 0.3) is 10.9 Å². The second-order valence-corrected chi connectivity index (χ2v) is 8.22. The van der Waals surface area contributed by atoms with Crippen LogP contribution in [0.3, 0.4) is 0 Å². The number of carbonyl (C=O) groups is 1. The molecule has 7 heteroatoms. The van der Waals surface area contributed by atoms with Crippen LogP contribution >= 0.6 is 0 Å². The highest BCUT2D eigenvalue weighted by Crippen LogP contribution is 2.33. The highest BCUT2D eigenvalue weighted by Gasteiger charge is 2.24. The van der Waals surface area contributed by atoms with E-state index in [0.29, 0.717) is 23.0 Å². The molecule has 3 N–H and O–H groups in total. The van der Waals surface area contributed by atoms with Gasteiger partial charge in [-0.3, -0.25) is 9.48 Å². The maximum absolute atomic E-state index is 12.8. The largest absolute Gasteiger partial charge is 0.386 e. The summed E-state index contributed by atoms with van der Waals surface area (Å²) < 4.78 is 2.02. The Kier molecular flexibility index (Phi) is 5.10. The van der Waals surface area contributed by atoms with Crippen LogP contribution in [-0.4, -0.2) is 38.9 Å². The van der Waals surface area contributed by atoms with Gasteiger partial charge >= 0.3 is 0 Å². The number of aryl methyl sites for hydroxylation is 1. The fourth-order valence-electron chi connectivity index (χ4n) is 3.81. The molecule has 1 aliphatic rings. The van der Waals surface area contributed by atoms with Crippen molar-refractivity contribution in [1.82, 2.24) is 20.1 Å². The van der Waals surface area contributed by atoms with Crippen molar-refractivity contribution in [3.8, 4) is 0 Å². The quantitative estimate of drug-likeness (QED) is 0.633. The van der Waals surface area contributed by atoms with Crippen molar-refractivity contribution in [2.24, 2.45) is 0 Å². The Labute approximate surface area is 170 Å². The van der Waals surface area contributed by atoms with Gasteiger partial charge in [-0.25, -0.2) is 4.98 Å². The standard InChI is InChI=1S/C22H27N5O2/c1-14-5-4-6-18(24-14)21(28)25-20-11-15-13-27(16-7-9-23-10-8-16)26-19(15)12-17(20)22(2,3)29/h4-6,11-13,16,23,29H,7-10H2,1-3H3,(H,25,28). The molecule has 1 saturated heterocycles. The Morgan fingerprint density at radius 2 is 2.03 bits per heavy atom. The van der Waals surface area contributed by atoms with E-state index in [1.807, 2.05) is 36.0 Å². The van der Waals surface area contributed by atoms with Gasteiger partial charge in [0.05, 0.1) is 17.2 Å². The lowest BCUT2D eigenvalue weighted by atomic mass is 9.95. The number of pyridine rings is 1. The van der Waals surface area contributed by atoms with Gasteiger partial charge in [-0.05, 0) is 71.0 Å². The highest BCUT2D eigenvalue weighted by molar-refractivity contribution is 6.04. The molecule has 0 radical (unpaired) electrons. The third kappa shape index (κ3) is 4.16. The van der Waals surface area contributed by atoms with E-state index in [9.17, 15) is 9.90 Å². The number of nitrogens with one attached hydrogen (secondary N) is 2. The van der Waals surface area contributed by atoms with Gasteiger partial charge in [-0.1, -0.05) is 6.07 Å². The van der Waals surface area contributed by atoms with Crippen molar-refractivity contribution in [1.29, 1.82) is 0 Å². The van der Waals surface area contributed by atoms with E-state index >= 15 is 0 Å². The molecule has 0 unspecified atom stereocenters. The average Bonchev–Trinajstić information content (AvgIpc) is 3.10. The van der Waals surface area contributed by atoms with Crippen molar-refractivity contribution in [2.75, 3.05) is 18.4 Å². The lowest BCUT2D eigenvalue weighted by molar-refractivity contribution is 0.0793. The van der Waals surface area contributed by atoms with Gasteiger partial charge in [0.15, 0.2) is 0 Å². The number of fused-ring (bicyclic) bond motifs is 1. The number of hydrogen-bond donors (Lipinski definition) is 3. The summed E-state index contributed by atoms with van der Waals surface area (Å²) in [4.78, 5) is 17.0. The molecule has 1 amide bonds. The number of rotatable bonds is 4. The van der Waals surface area contributed by atoms with E-state index in [1.54, 1.807) is 26.0 Å². The maximum Gasteiger partial charge on any atom is 0.274 e. The van der Waals surface area contributed by atoms with Crippen LogP contribution in [-0.2, 0) is 5.60 Å². The number of carbonyl (C=O) groups excluding carboxylic acids is 1. The first-order chi connectivity index (χ1) is 13.8. The predicted octanol–water partition coefficient (Wildman–Crippen LogP) is 3.14. The molecule has 7 nitrogen and oxygen atoms in total. The van der Waals surface area contributed by atoms with Gasteiger partial charge in [0.2, 0.25) is 0 Å². The smallest absolute Gasteiger partial charge is 0.274 e. The summed E-state index contributed by atoms with van der Waals surface area (Å²) in [5, 5.41) is 22.7. The minimum Gasteiger partial charge on any atom is -0.386 e. The molecule has 152 valence electrons. The number of aromatic nitrogens is 3. The molecular formula is C22H27N5O2. The molecule has 0 aliphatic carbocycles. The molecule has 0 saturated carbocycles. The van der Waals surface area contributed by atoms with Crippen molar-refractivity contribution < 1.29 is 9.90 Å². The van der Waals surface area contributed by atoms with E-state index < -0.39 is 5.60 Å². The number of amides is 1. The number of nitrogens with zero attached hydrogens (tertiary/aromatic N) is 3. The minimum absolute atomic E-state index is 0.302. The zero-order valence-electron chi connectivity index (χ0n) is 17.1. The average molecular weight is 393 g/mol. The lowest BCUT2D eigenvalue weighted by Crippen LogP contribution is -2.29. The Hall–Kier alpha value is -2.77. The third-order valence-corrected chi connectivity index (χ3v) is 5.37. The van der Waals surface area contributed by atoms with Gasteiger partial charge in [-0.15, -0.1) is 0 Å². The normalized spacial score (nSPS) is 15.6. The minimum atomic E-state index is -1.13. The number of piperidine rings is 1. The molecule has 3 heterocycles. The fourth-order valence-corrected chi connectivity index (χ4v) is 3.81. The van der Waals surface area contributed by atoms with E-state index in [4.69, 9.17) is 5.10 Å². The second-order valence-electron chi connectivity index (χ2n) is 8.22. The fraction of sp³-hybridized carbons (Fsp3) is 0.409. The third-order valence-electron chi connectivity index (χ3n) is 5.37. The topological polar surface area (TPSA) is 92.1 Å². The molecule has 0 bridgehead atoms. The van der Waals surface area contributed by atoms with Gasteiger partial charge in [0.1, 0.15) is 5.69 Å². The van der Waals surface area contributed by atoms with Crippen LogP contribution < -0.4 is 10.6 Å². The molecule has 2 aromatic heterocycles. The first kappa shape index (κ1) is 19.5. The zero-order valence-corrected chi connectivity index (χ0v) is 17.1. The van der Waals surface area contributed by atoms with Gasteiger partial charge in [-0.2, -0.15) is 5.10 Å². The molecule has 0 spiro atoms. The van der Waals surface area contributed by atoms with Crippen LogP contribution in [0.15, 0.2) is 36.5 Å². The summed E-state index contributed by atoms with van der Waals surface area (Å²) in [6.07, 6.45) is 4.10. The van der Waals surface area contributed by atoms with Crippen LogP contribution in [0.4, 0.5) is 5.69 Å². The van der Waals surface area contributed by atoms with Crippen molar-refractivity contribution in [2.45, 2.75) is 45.3 Å². The number of benzene rings is 1. The molecular weight excluding hydrogens is 366 g/mol. The monoisotopic (exact) mass is 393 g/mol. The molecule has 3 aromatic rings. The second kappa shape index (κ2) is 7.57. The Bertz CT molecular complexity index is 1050. The van der Waals surface area contributed by atoms with Gasteiger partial charge < -0.3 is 15.7 Å². The Morgan fingerprint density at radius 1 is 1.28 bits per heavy atom. The van der Waals surface area contributed by atoms with E-state index in [0.717, 1.165) is 42.5 Å². The highest BCUT2D eigenvalue weighted by atomic mass is 16.3. The van der Waals surface area contributed by atoms with E-state index in [2.05, 4.69) is 15.6 Å². The lowest BCUT2D eigenvalue weighted by Gasteiger charge is -2.22. The SMILES string of the molecule is Cc1cccc(C(=O)Nc2cc3cn(C4CCNCC4)nc3cc2C(C)(C)O)n1. The van der Waals surface area contributed by atoms with Crippen molar-refractivity contribution >= 4 is 22.5 Å². The van der Waals surface area contributed by atoms with Gasteiger partial charge in [0, 0.05) is 28.5 Å². The van der Waals surface area contributed by atoms with Crippen LogP contribution in [0.5, 0.6) is 0 Å². The summed E-state index contributed by atoms with van der Waals surface area (Å²) in [5.41, 5.74) is 2.00. The molecule has 4 rings (SSSR count). The first-order valence-corrected chi connectivity index (χ1v) is 10.0. The van der Waals surface area contributed by atoms with Crippen LogP contribution in [0.2, 0.25) is 0 Å². The number of aliphatic hydroxyl groups is 1. The summed E-state index contributed by atoms with van der Waals surface area (Å²) >= 11 is 0. The molecule has 1 aromatic carbocycles. The summed E-state index contributed by atoms with van der Waals surface area (Å²) in [5.74, 6) is -0.302. The maximum atomic E-state index is 12.8. The summed E-state index contributed by atoms with van der Waals surface area (Å²) in [6.45, 7) is 7.23. The van der Waals surface area contributed by atoms with Gasteiger partial charge in [0.25, 0.3) is 5.91 Å². The van der Waals surface area contributed by atoms with Crippen molar-refractivity contribution in [3.63, 3.8) is 0 Å². The Morgan fingerprint density at radius 3 is 2.72 bits per heavy atom.